The van der Waals surface area contributed by atoms with Crippen LogP contribution in [0, 0.1) is 11.3 Å². The van der Waals surface area contributed by atoms with Crippen LogP contribution in [-0.4, -0.2) is 13.2 Å². The van der Waals surface area contributed by atoms with E-state index in [0.29, 0.717) is 13.2 Å². The van der Waals surface area contributed by atoms with Crippen molar-refractivity contribution in [2.24, 2.45) is 0 Å². The fourth-order valence-electron chi connectivity index (χ4n) is 3.06. The molecule has 1 heterocycles. The molecule has 2 aromatic rings. The Bertz CT molecular complexity index is 655. The summed E-state index contributed by atoms with van der Waals surface area (Å²) < 4.78 is 5.45. The first-order valence-corrected chi connectivity index (χ1v) is 7.70. The van der Waals surface area contributed by atoms with Crippen molar-refractivity contribution in [2.45, 2.75) is 24.8 Å². The highest BCUT2D eigenvalue weighted by Gasteiger charge is 2.36. The van der Waals surface area contributed by atoms with Gasteiger partial charge in [-0.15, -0.1) is 0 Å². The molecule has 0 unspecified atom stereocenters. The second-order valence-corrected chi connectivity index (χ2v) is 5.68. The van der Waals surface area contributed by atoms with E-state index in [1.165, 1.54) is 5.56 Å². The summed E-state index contributed by atoms with van der Waals surface area (Å²) >= 11 is 0. The van der Waals surface area contributed by atoms with Crippen molar-refractivity contribution in [3.63, 3.8) is 0 Å². The van der Waals surface area contributed by atoms with E-state index in [1.807, 2.05) is 30.3 Å². The molecule has 112 valence electrons. The first-order valence-electron chi connectivity index (χ1n) is 7.70. The zero-order valence-electron chi connectivity index (χ0n) is 12.6. The molecule has 0 spiro atoms. The molecule has 3 heteroatoms. The lowest BCUT2D eigenvalue weighted by Crippen LogP contribution is -2.33. The Morgan fingerprint density at radius 3 is 2.41 bits per heavy atom. The number of benzene rings is 2. The van der Waals surface area contributed by atoms with E-state index < -0.39 is 5.41 Å². The number of hydrogen-bond acceptors (Lipinski definition) is 3. The van der Waals surface area contributed by atoms with Crippen molar-refractivity contribution >= 4 is 5.69 Å². The zero-order valence-corrected chi connectivity index (χ0v) is 12.6. The van der Waals surface area contributed by atoms with Crippen molar-refractivity contribution in [3.05, 3.63) is 65.7 Å². The minimum absolute atomic E-state index is 0.410. The number of hydrogen-bond donors (Lipinski definition) is 1. The second kappa shape index (κ2) is 6.64. The molecule has 1 saturated heterocycles. The number of anilines is 1. The van der Waals surface area contributed by atoms with Gasteiger partial charge in [0.2, 0.25) is 0 Å². The Morgan fingerprint density at radius 1 is 1.00 bits per heavy atom. The molecule has 0 radical (unpaired) electrons. The van der Waals surface area contributed by atoms with E-state index in [9.17, 15) is 5.26 Å². The third kappa shape index (κ3) is 2.98. The molecule has 3 rings (SSSR count). The molecular weight excluding hydrogens is 272 g/mol. The maximum absolute atomic E-state index is 9.78. The molecule has 0 saturated carbocycles. The number of nitrogens with one attached hydrogen (secondary N) is 1. The summed E-state index contributed by atoms with van der Waals surface area (Å²) in [4.78, 5) is 0. The summed E-state index contributed by atoms with van der Waals surface area (Å²) in [6.45, 7) is 2.05. The van der Waals surface area contributed by atoms with E-state index in [4.69, 9.17) is 4.74 Å². The quantitative estimate of drug-likeness (QED) is 0.930. The molecule has 0 atom stereocenters. The van der Waals surface area contributed by atoms with Crippen molar-refractivity contribution in [2.75, 3.05) is 18.5 Å². The number of rotatable bonds is 4. The van der Waals surface area contributed by atoms with Crippen molar-refractivity contribution in [1.82, 2.24) is 0 Å². The Morgan fingerprint density at radius 2 is 1.68 bits per heavy atom. The topological polar surface area (TPSA) is 45.0 Å². The lowest BCUT2D eigenvalue weighted by atomic mass is 9.73. The predicted octanol–water partition coefficient (Wildman–Crippen LogP) is 3.87. The van der Waals surface area contributed by atoms with E-state index in [0.717, 1.165) is 30.6 Å². The van der Waals surface area contributed by atoms with Crippen molar-refractivity contribution in [1.29, 1.82) is 5.26 Å². The molecule has 0 aliphatic carbocycles. The molecule has 0 aromatic heterocycles. The lowest BCUT2D eigenvalue weighted by molar-refractivity contribution is 0.0673. The maximum Gasteiger partial charge on any atom is 0.0869 e. The third-order valence-corrected chi connectivity index (χ3v) is 4.35. The first kappa shape index (κ1) is 14.6. The number of nitrogens with zero attached hydrogens (tertiary/aromatic N) is 1. The van der Waals surface area contributed by atoms with Gasteiger partial charge in [-0.3, -0.25) is 0 Å². The Balaban J connectivity index is 1.85. The molecule has 1 fully saturated rings. The Kier molecular flexibility index (Phi) is 4.41. The second-order valence-electron chi connectivity index (χ2n) is 5.68. The average molecular weight is 292 g/mol. The smallest absolute Gasteiger partial charge is 0.0869 e. The number of para-hydroxylation sites is 1. The van der Waals surface area contributed by atoms with Crippen LogP contribution in [0.5, 0.6) is 0 Å². The van der Waals surface area contributed by atoms with Gasteiger partial charge in [-0.2, -0.15) is 5.26 Å². The van der Waals surface area contributed by atoms with E-state index >= 15 is 0 Å². The van der Waals surface area contributed by atoms with Crippen LogP contribution in [0.2, 0.25) is 0 Å². The van der Waals surface area contributed by atoms with Crippen LogP contribution in [0.4, 0.5) is 5.69 Å². The lowest BCUT2D eigenvalue weighted by Gasteiger charge is -2.32. The van der Waals surface area contributed by atoms with Crippen LogP contribution in [0.1, 0.15) is 24.0 Å². The summed E-state index contributed by atoms with van der Waals surface area (Å²) in [5.74, 6) is 0. The van der Waals surface area contributed by atoms with E-state index in [2.05, 4.69) is 35.7 Å². The summed E-state index contributed by atoms with van der Waals surface area (Å²) in [6, 6.07) is 21.0. The molecule has 1 aliphatic rings. The Hall–Kier alpha value is -2.31. The van der Waals surface area contributed by atoms with Gasteiger partial charge in [0, 0.05) is 25.4 Å². The largest absolute Gasteiger partial charge is 0.381 e. The predicted molar refractivity (Wildman–Crippen MR) is 87.6 cm³/mol. The summed E-state index contributed by atoms with van der Waals surface area (Å²) in [7, 11) is 0. The van der Waals surface area contributed by atoms with Crippen LogP contribution in [0.15, 0.2) is 54.6 Å². The van der Waals surface area contributed by atoms with Gasteiger partial charge < -0.3 is 10.1 Å². The number of nitriles is 1. The monoisotopic (exact) mass is 292 g/mol. The molecule has 1 aliphatic heterocycles. The molecule has 22 heavy (non-hydrogen) atoms. The molecule has 0 bridgehead atoms. The molecular formula is C19H20N2O. The average Bonchev–Trinajstić information content (AvgIpc) is 2.62. The highest BCUT2D eigenvalue weighted by molar-refractivity contribution is 5.46. The van der Waals surface area contributed by atoms with Crippen molar-refractivity contribution < 1.29 is 4.74 Å². The van der Waals surface area contributed by atoms with Gasteiger partial charge in [0.25, 0.3) is 0 Å². The molecule has 1 N–H and O–H groups in total. The summed E-state index contributed by atoms with van der Waals surface area (Å²) in [6.07, 6.45) is 1.54. The van der Waals surface area contributed by atoms with Gasteiger partial charge >= 0.3 is 0 Å². The molecule has 3 nitrogen and oxygen atoms in total. The van der Waals surface area contributed by atoms with Crippen LogP contribution in [0.25, 0.3) is 0 Å². The molecule has 2 aromatic carbocycles. The number of ether oxygens (including phenoxy) is 1. The minimum atomic E-state index is -0.410. The van der Waals surface area contributed by atoms with Gasteiger partial charge in [0.15, 0.2) is 0 Å². The van der Waals surface area contributed by atoms with E-state index in [-0.39, 0.29) is 0 Å². The first-order chi connectivity index (χ1) is 10.8. The van der Waals surface area contributed by atoms with Gasteiger partial charge in [-0.1, -0.05) is 42.5 Å². The summed E-state index contributed by atoms with van der Waals surface area (Å²) in [5.41, 5.74) is 3.02. The van der Waals surface area contributed by atoms with Crippen LogP contribution >= 0.6 is 0 Å². The van der Waals surface area contributed by atoms with Gasteiger partial charge in [0.05, 0.1) is 11.5 Å². The van der Waals surface area contributed by atoms with Gasteiger partial charge in [-0.25, -0.2) is 0 Å². The maximum atomic E-state index is 9.78. The van der Waals surface area contributed by atoms with Crippen LogP contribution in [0.3, 0.4) is 0 Å². The minimum Gasteiger partial charge on any atom is -0.381 e. The standard InChI is InChI=1S/C19H20N2O/c20-15-19(10-12-22-13-11-19)18-9-5-4-6-16(18)14-21-17-7-2-1-3-8-17/h1-9,21H,10-14H2. The highest BCUT2D eigenvalue weighted by atomic mass is 16.5. The SMILES string of the molecule is N#CC1(c2ccccc2CNc2ccccc2)CCOCC1. The van der Waals surface area contributed by atoms with Crippen LogP contribution < -0.4 is 5.32 Å². The third-order valence-electron chi connectivity index (χ3n) is 4.35. The highest BCUT2D eigenvalue weighted by Crippen LogP contribution is 2.36. The van der Waals surface area contributed by atoms with Crippen LogP contribution in [-0.2, 0) is 16.7 Å². The fourth-order valence-corrected chi connectivity index (χ4v) is 3.06. The molecule has 0 amide bonds. The Labute approximate surface area is 131 Å². The summed E-state index contributed by atoms with van der Waals surface area (Å²) in [5, 5.41) is 13.2. The van der Waals surface area contributed by atoms with Gasteiger partial charge in [-0.05, 0) is 36.1 Å². The van der Waals surface area contributed by atoms with Crippen molar-refractivity contribution in [3.8, 4) is 6.07 Å². The van der Waals surface area contributed by atoms with Gasteiger partial charge in [0.1, 0.15) is 0 Å². The zero-order chi connectivity index (χ0) is 15.3. The normalized spacial score (nSPS) is 16.7. The fraction of sp³-hybridized carbons (Fsp3) is 0.316. The van der Waals surface area contributed by atoms with E-state index in [1.54, 1.807) is 0 Å².